The van der Waals surface area contributed by atoms with Crippen molar-refractivity contribution in [3.8, 4) is 0 Å². The Morgan fingerprint density at radius 1 is 0.931 bits per heavy atom. The number of halogens is 6. The molecule has 3 nitrogen and oxygen atoms in total. The molecule has 1 amide bonds. The van der Waals surface area contributed by atoms with Crippen LogP contribution in [0.4, 0.5) is 26.3 Å². The molecule has 2 atom stereocenters. The summed E-state index contributed by atoms with van der Waals surface area (Å²) < 4.78 is 84.2. The summed E-state index contributed by atoms with van der Waals surface area (Å²) in [6.07, 6.45) is -11.0. The van der Waals surface area contributed by atoms with Crippen LogP contribution in [-0.4, -0.2) is 30.0 Å². The van der Waals surface area contributed by atoms with Crippen LogP contribution >= 0.6 is 0 Å². The Bertz CT molecular complexity index is 847. The molecule has 1 aliphatic rings. The van der Waals surface area contributed by atoms with Crippen molar-refractivity contribution in [2.24, 2.45) is 0 Å². The van der Waals surface area contributed by atoms with Crippen LogP contribution in [0.25, 0.3) is 0 Å². The SMILES string of the molecule is CC1CN(C(=O)c2cc(C(F)(F)F)cc(C(F)(F)F)c2)CC(c2ccccc2)O1. The number of rotatable bonds is 2. The van der Waals surface area contributed by atoms with Crippen molar-refractivity contribution in [1.29, 1.82) is 0 Å². The minimum Gasteiger partial charge on any atom is -0.367 e. The highest BCUT2D eigenvalue weighted by atomic mass is 19.4. The van der Waals surface area contributed by atoms with E-state index in [-0.39, 0.29) is 19.2 Å². The lowest BCUT2D eigenvalue weighted by atomic mass is 10.0. The molecule has 0 N–H and O–H groups in total. The molecular weight excluding hydrogens is 400 g/mol. The summed E-state index contributed by atoms with van der Waals surface area (Å²) in [6, 6.07) is 9.80. The third-order valence-electron chi connectivity index (χ3n) is 4.55. The zero-order valence-corrected chi connectivity index (χ0v) is 15.2. The summed E-state index contributed by atoms with van der Waals surface area (Å²) >= 11 is 0. The van der Waals surface area contributed by atoms with Crippen LogP contribution in [0, 0.1) is 0 Å². The molecule has 156 valence electrons. The molecule has 0 radical (unpaired) electrons. The van der Waals surface area contributed by atoms with Gasteiger partial charge in [0, 0.05) is 12.1 Å². The number of amides is 1. The van der Waals surface area contributed by atoms with Crippen molar-refractivity contribution in [2.75, 3.05) is 13.1 Å². The monoisotopic (exact) mass is 417 g/mol. The molecule has 1 fully saturated rings. The molecule has 0 bridgehead atoms. The van der Waals surface area contributed by atoms with Gasteiger partial charge in [-0.1, -0.05) is 30.3 Å². The summed E-state index contributed by atoms with van der Waals surface area (Å²) in [5.74, 6) is -0.905. The van der Waals surface area contributed by atoms with Gasteiger partial charge in [0.1, 0.15) is 6.10 Å². The molecule has 9 heteroatoms. The second kappa shape index (κ2) is 7.70. The predicted molar refractivity (Wildman–Crippen MR) is 92.1 cm³/mol. The number of alkyl halides is 6. The van der Waals surface area contributed by atoms with Crippen molar-refractivity contribution in [3.05, 3.63) is 70.8 Å². The molecule has 1 heterocycles. The predicted octanol–water partition coefficient (Wildman–Crippen LogP) is 5.33. The summed E-state index contributed by atoms with van der Waals surface area (Å²) in [4.78, 5) is 14.0. The number of nitrogens with zero attached hydrogens (tertiary/aromatic N) is 1. The Balaban J connectivity index is 1.94. The van der Waals surface area contributed by atoms with Gasteiger partial charge in [-0.05, 0) is 30.7 Å². The molecule has 2 unspecified atom stereocenters. The van der Waals surface area contributed by atoms with E-state index in [0.29, 0.717) is 12.1 Å². The molecule has 2 aromatic rings. The number of morpholine rings is 1. The van der Waals surface area contributed by atoms with Crippen molar-refractivity contribution in [2.45, 2.75) is 31.5 Å². The van der Waals surface area contributed by atoms with Gasteiger partial charge in [0.05, 0.1) is 23.8 Å². The summed E-state index contributed by atoms with van der Waals surface area (Å²) in [7, 11) is 0. The molecule has 0 aromatic heterocycles. The number of hydrogen-bond acceptors (Lipinski definition) is 2. The molecule has 1 aliphatic heterocycles. The van der Waals surface area contributed by atoms with Gasteiger partial charge in [0.2, 0.25) is 0 Å². The molecule has 1 saturated heterocycles. The average Bonchev–Trinajstić information content (AvgIpc) is 2.66. The van der Waals surface area contributed by atoms with Gasteiger partial charge in [-0.3, -0.25) is 4.79 Å². The van der Waals surface area contributed by atoms with Gasteiger partial charge in [-0.2, -0.15) is 26.3 Å². The number of carbonyl (C=O) groups excluding carboxylic acids is 1. The molecule has 0 aliphatic carbocycles. The largest absolute Gasteiger partial charge is 0.416 e. The van der Waals surface area contributed by atoms with Crippen LogP contribution < -0.4 is 0 Å². The maximum absolute atomic E-state index is 13.1. The smallest absolute Gasteiger partial charge is 0.367 e. The third kappa shape index (κ3) is 4.90. The highest BCUT2D eigenvalue weighted by Gasteiger charge is 2.38. The zero-order valence-electron chi connectivity index (χ0n) is 15.2. The molecular formula is C20H17F6NO2. The van der Waals surface area contributed by atoms with E-state index >= 15 is 0 Å². The standard InChI is InChI=1S/C20H17F6NO2/c1-12-10-27(11-17(29-12)13-5-3-2-4-6-13)18(28)14-7-15(19(21,22)23)9-16(8-14)20(24,25)26/h2-9,12,17H,10-11H2,1H3. The van der Waals surface area contributed by atoms with E-state index in [4.69, 9.17) is 4.74 Å². The Morgan fingerprint density at radius 2 is 1.48 bits per heavy atom. The first-order chi connectivity index (χ1) is 13.4. The first-order valence-electron chi connectivity index (χ1n) is 8.74. The molecule has 0 saturated carbocycles. The van der Waals surface area contributed by atoms with Crippen LogP contribution in [0.1, 0.15) is 40.1 Å². The van der Waals surface area contributed by atoms with Crippen LogP contribution in [0.3, 0.4) is 0 Å². The van der Waals surface area contributed by atoms with Gasteiger partial charge in [-0.25, -0.2) is 0 Å². The maximum Gasteiger partial charge on any atom is 0.416 e. The summed E-state index contributed by atoms with van der Waals surface area (Å²) in [5.41, 5.74) is -2.93. The quantitative estimate of drug-likeness (QED) is 0.619. The minimum absolute atomic E-state index is 0.00545. The van der Waals surface area contributed by atoms with Crippen LogP contribution in [-0.2, 0) is 17.1 Å². The zero-order chi connectivity index (χ0) is 21.4. The van der Waals surface area contributed by atoms with Gasteiger partial charge in [0.15, 0.2) is 0 Å². The second-order valence-corrected chi connectivity index (χ2v) is 6.85. The lowest BCUT2D eigenvalue weighted by molar-refractivity contribution is -0.143. The fraction of sp³-hybridized carbons (Fsp3) is 0.350. The van der Waals surface area contributed by atoms with E-state index in [2.05, 4.69) is 0 Å². The molecule has 3 rings (SSSR count). The van der Waals surface area contributed by atoms with Gasteiger partial charge in [-0.15, -0.1) is 0 Å². The number of hydrogen-bond donors (Lipinski definition) is 0. The summed E-state index contributed by atoms with van der Waals surface area (Å²) in [5, 5.41) is 0. The van der Waals surface area contributed by atoms with Gasteiger partial charge in [0.25, 0.3) is 5.91 Å². The molecule has 0 spiro atoms. The lowest BCUT2D eigenvalue weighted by Gasteiger charge is -2.37. The van der Waals surface area contributed by atoms with Gasteiger partial charge < -0.3 is 9.64 Å². The Morgan fingerprint density at radius 3 is 2.00 bits per heavy atom. The number of carbonyl (C=O) groups is 1. The maximum atomic E-state index is 13.1. The van der Waals surface area contributed by atoms with E-state index in [1.54, 1.807) is 37.3 Å². The fourth-order valence-corrected chi connectivity index (χ4v) is 3.23. The summed E-state index contributed by atoms with van der Waals surface area (Å²) in [6.45, 7) is 1.76. The van der Waals surface area contributed by atoms with E-state index in [1.165, 1.54) is 4.90 Å². The minimum atomic E-state index is -5.01. The fourth-order valence-electron chi connectivity index (χ4n) is 3.23. The normalized spacial score (nSPS) is 20.6. The molecule has 2 aromatic carbocycles. The van der Waals surface area contributed by atoms with Crippen molar-refractivity contribution in [1.82, 2.24) is 4.90 Å². The lowest BCUT2D eigenvalue weighted by Crippen LogP contribution is -2.46. The molecule has 29 heavy (non-hydrogen) atoms. The van der Waals surface area contributed by atoms with Crippen molar-refractivity contribution in [3.63, 3.8) is 0 Å². The highest BCUT2D eigenvalue weighted by molar-refractivity contribution is 5.94. The third-order valence-corrected chi connectivity index (χ3v) is 4.55. The van der Waals surface area contributed by atoms with E-state index in [1.807, 2.05) is 0 Å². The first kappa shape index (κ1) is 21.2. The van der Waals surface area contributed by atoms with Crippen LogP contribution in [0.2, 0.25) is 0 Å². The van der Waals surface area contributed by atoms with Gasteiger partial charge >= 0.3 is 12.4 Å². The average molecular weight is 417 g/mol. The Hall–Kier alpha value is -2.55. The number of ether oxygens (including phenoxy) is 1. The second-order valence-electron chi connectivity index (χ2n) is 6.85. The van der Waals surface area contributed by atoms with E-state index < -0.39 is 47.2 Å². The van der Waals surface area contributed by atoms with Crippen LogP contribution in [0.15, 0.2) is 48.5 Å². The van der Waals surface area contributed by atoms with Crippen molar-refractivity contribution >= 4 is 5.91 Å². The number of benzene rings is 2. The Labute approximate surface area is 162 Å². The van der Waals surface area contributed by atoms with Crippen molar-refractivity contribution < 1.29 is 35.9 Å². The first-order valence-corrected chi connectivity index (χ1v) is 8.74. The topological polar surface area (TPSA) is 29.5 Å². The Kier molecular flexibility index (Phi) is 5.62. The van der Waals surface area contributed by atoms with E-state index in [0.717, 1.165) is 5.56 Å². The highest BCUT2D eigenvalue weighted by Crippen LogP contribution is 2.37. The van der Waals surface area contributed by atoms with E-state index in [9.17, 15) is 31.1 Å². The van der Waals surface area contributed by atoms with Crippen LogP contribution in [0.5, 0.6) is 0 Å².